The molecule has 3 fully saturated rings. The molecule has 132 valence electrons. The molecule has 2 saturated carbocycles. The van der Waals surface area contributed by atoms with E-state index in [4.69, 9.17) is 34.8 Å². The molecule has 0 aromatic carbocycles. The van der Waals surface area contributed by atoms with Crippen molar-refractivity contribution in [3.05, 3.63) is 0 Å². The van der Waals surface area contributed by atoms with E-state index in [1.165, 1.54) is 12.8 Å². The van der Waals surface area contributed by atoms with Gasteiger partial charge in [-0.3, -0.25) is 4.79 Å². The van der Waals surface area contributed by atoms with Crippen LogP contribution in [0.1, 0.15) is 44.9 Å². The molecular weight excluding hydrogens is 420 g/mol. The van der Waals surface area contributed by atoms with Crippen LogP contribution in [0.4, 0.5) is 0 Å². The summed E-state index contributed by atoms with van der Waals surface area (Å²) in [6, 6.07) is 0.747. The molecule has 0 radical (unpaired) electrons. The summed E-state index contributed by atoms with van der Waals surface area (Å²) in [7, 11) is 0. The molecular formula is C17H25BrCl3NO. The zero-order chi connectivity index (χ0) is 16.6. The van der Waals surface area contributed by atoms with E-state index >= 15 is 0 Å². The lowest BCUT2D eigenvalue weighted by Crippen LogP contribution is -2.59. The van der Waals surface area contributed by atoms with Gasteiger partial charge >= 0.3 is 0 Å². The van der Waals surface area contributed by atoms with Crippen LogP contribution in [-0.4, -0.2) is 39.3 Å². The highest BCUT2D eigenvalue weighted by Gasteiger charge is 2.47. The Morgan fingerprint density at radius 2 is 1.61 bits per heavy atom. The molecule has 0 spiro atoms. The molecule has 6 atom stereocenters. The Kier molecular flexibility index (Phi) is 6.62. The van der Waals surface area contributed by atoms with E-state index in [1.807, 2.05) is 0 Å². The summed E-state index contributed by atoms with van der Waals surface area (Å²) < 4.78 is 0. The summed E-state index contributed by atoms with van der Waals surface area (Å²) >= 11 is 22.4. The number of ketones is 1. The van der Waals surface area contributed by atoms with Crippen LogP contribution in [0.3, 0.4) is 0 Å². The number of fused-ring (bicyclic) bond motifs is 1. The van der Waals surface area contributed by atoms with Crippen molar-refractivity contribution < 1.29 is 4.79 Å². The van der Waals surface area contributed by atoms with Gasteiger partial charge in [0, 0.05) is 23.4 Å². The summed E-state index contributed by atoms with van der Waals surface area (Å²) in [4.78, 5) is 12.5. The molecule has 3 rings (SSSR count). The van der Waals surface area contributed by atoms with E-state index in [-0.39, 0.29) is 16.7 Å². The second kappa shape index (κ2) is 8.12. The van der Waals surface area contributed by atoms with Crippen LogP contribution in [0, 0.1) is 17.8 Å². The Labute approximate surface area is 162 Å². The quantitative estimate of drug-likeness (QED) is 0.637. The van der Waals surface area contributed by atoms with Crippen LogP contribution in [0.5, 0.6) is 0 Å². The number of hydrogen-bond donors (Lipinski definition) is 1. The third kappa shape index (κ3) is 4.22. The number of carbonyl (C=O) groups is 1. The standard InChI is InChI=1S/C17H25BrCl3NO/c18-8-17(23)12-6-15(9-1-3-10(19)4-2-9)22-16-7-14(21)13(20)5-11(12)16/h9-16,22H,1-8H2. The van der Waals surface area contributed by atoms with Gasteiger partial charge in [0.25, 0.3) is 0 Å². The van der Waals surface area contributed by atoms with Crippen molar-refractivity contribution in [2.75, 3.05) is 5.33 Å². The SMILES string of the molecule is O=C(CBr)C1CC(C2CCC(Cl)CC2)NC2CC(Cl)C(Cl)CC21. The second-order valence-electron chi connectivity index (χ2n) is 7.50. The Morgan fingerprint density at radius 1 is 0.957 bits per heavy atom. The molecule has 0 bridgehead atoms. The molecule has 0 aromatic rings. The molecule has 2 aliphatic carbocycles. The minimum Gasteiger partial charge on any atom is -0.311 e. The number of nitrogens with one attached hydrogen (secondary N) is 1. The summed E-state index contributed by atoms with van der Waals surface area (Å²) in [5.41, 5.74) is 0. The number of piperidine rings is 1. The largest absolute Gasteiger partial charge is 0.311 e. The average molecular weight is 446 g/mol. The lowest BCUT2D eigenvalue weighted by molar-refractivity contribution is -0.124. The monoisotopic (exact) mass is 443 g/mol. The van der Waals surface area contributed by atoms with E-state index in [9.17, 15) is 4.79 Å². The summed E-state index contributed by atoms with van der Waals surface area (Å²) in [6.45, 7) is 0. The van der Waals surface area contributed by atoms with Gasteiger partial charge in [0.05, 0.1) is 16.1 Å². The molecule has 3 aliphatic rings. The molecule has 0 aromatic heterocycles. The predicted octanol–water partition coefficient (Wildman–Crippen LogP) is 4.72. The highest BCUT2D eigenvalue weighted by molar-refractivity contribution is 9.09. The molecule has 1 aliphatic heterocycles. The van der Waals surface area contributed by atoms with Gasteiger partial charge in [0.15, 0.2) is 0 Å². The van der Waals surface area contributed by atoms with Gasteiger partial charge in [-0.1, -0.05) is 15.9 Å². The minimum atomic E-state index is -0.0198. The Balaban J connectivity index is 1.73. The first kappa shape index (κ1) is 18.8. The van der Waals surface area contributed by atoms with Gasteiger partial charge in [0.2, 0.25) is 0 Å². The molecule has 6 heteroatoms. The van der Waals surface area contributed by atoms with E-state index in [2.05, 4.69) is 21.2 Å². The third-order valence-electron chi connectivity index (χ3n) is 6.15. The molecule has 6 unspecified atom stereocenters. The highest BCUT2D eigenvalue weighted by atomic mass is 79.9. The van der Waals surface area contributed by atoms with Gasteiger partial charge in [-0.2, -0.15) is 0 Å². The van der Waals surface area contributed by atoms with Crippen LogP contribution >= 0.6 is 50.7 Å². The lowest BCUT2D eigenvalue weighted by Gasteiger charge is -2.49. The van der Waals surface area contributed by atoms with Crippen LogP contribution in [0.15, 0.2) is 0 Å². The average Bonchev–Trinajstić information content (AvgIpc) is 2.55. The first-order valence-corrected chi connectivity index (χ1v) is 11.2. The Bertz CT molecular complexity index is 430. The molecule has 1 N–H and O–H groups in total. The maximum Gasteiger partial charge on any atom is 0.146 e. The van der Waals surface area contributed by atoms with Gasteiger partial charge in [-0.15, -0.1) is 34.8 Å². The summed E-state index contributed by atoms with van der Waals surface area (Å²) in [5, 5.41) is 4.61. The van der Waals surface area contributed by atoms with Crippen molar-refractivity contribution in [1.82, 2.24) is 5.32 Å². The van der Waals surface area contributed by atoms with Gasteiger partial charge in [-0.05, 0) is 56.8 Å². The molecule has 23 heavy (non-hydrogen) atoms. The number of Topliss-reactive ketones (excluding diaryl/α,β-unsaturated/α-hetero) is 1. The normalized spacial score (nSPS) is 47.8. The zero-order valence-electron chi connectivity index (χ0n) is 13.2. The Hall–Kier alpha value is 0.980. The fourth-order valence-corrected chi connectivity index (χ4v) is 6.11. The van der Waals surface area contributed by atoms with Gasteiger partial charge < -0.3 is 5.32 Å². The first-order valence-electron chi connectivity index (χ1n) is 8.76. The maximum absolute atomic E-state index is 12.5. The first-order chi connectivity index (χ1) is 11.0. The molecule has 1 saturated heterocycles. The van der Waals surface area contributed by atoms with Crippen LogP contribution in [-0.2, 0) is 4.79 Å². The highest BCUT2D eigenvalue weighted by Crippen LogP contribution is 2.43. The van der Waals surface area contributed by atoms with Gasteiger partial charge in [0.1, 0.15) is 5.78 Å². The topological polar surface area (TPSA) is 29.1 Å². The van der Waals surface area contributed by atoms with Crippen molar-refractivity contribution in [2.45, 2.75) is 73.2 Å². The minimum absolute atomic E-state index is 0.00228. The predicted molar refractivity (Wildman–Crippen MR) is 101 cm³/mol. The van der Waals surface area contributed by atoms with Crippen LogP contribution in [0.2, 0.25) is 0 Å². The van der Waals surface area contributed by atoms with E-state index in [0.29, 0.717) is 40.4 Å². The lowest BCUT2D eigenvalue weighted by atomic mass is 9.66. The van der Waals surface area contributed by atoms with Gasteiger partial charge in [-0.25, -0.2) is 0 Å². The fourth-order valence-electron chi connectivity index (χ4n) is 4.84. The van der Waals surface area contributed by atoms with Crippen LogP contribution in [0.25, 0.3) is 0 Å². The Morgan fingerprint density at radius 3 is 2.26 bits per heavy atom. The van der Waals surface area contributed by atoms with E-state index in [1.54, 1.807) is 0 Å². The van der Waals surface area contributed by atoms with E-state index in [0.717, 1.165) is 32.1 Å². The fraction of sp³-hybridized carbons (Fsp3) is 0.941. The zero-order valence-corrected chi connectivity index (χ0v) is 17.0. The van der Waals surface area contributed by atoms with Crippen molar-refractivity contribution in [2.24, 2.45) is 17.8 Å². The number of halogens is 4. The van der Waals surface area contributed by atoms with Crippen LogP contribution < -0.4 is 5.32 Å². The van der Waals surface area contributed by atoms with Crippen molar-refractivity contribution >= 4 is 56.5 Å². The van der Waals surface area contributed by atoms with E-state index < -0.39 is 0 Å². The molecule has 0 amide bonds. The number of rotatable bonds is 3. The molecule has 1 heterocycles. The second-order valence-corrected chi connectivity index (χ2v) is 9.80. The van der Waals surface area contributed by atoms with Crippen molar-refractivity contribution in [3.8, 4) is 0 Å². The number of carbonyl (C=O) groups excluding carboxylic acids is 1. The number of hydrogen-bond acceptors (Lipinski definition) is 2. The third-order valence-corrected chi connectivity index (χ3v) is 8.24. The number of alkyl halides is 4. The van der Waals surface area contributed by atoms with Crippen molar-refractivity contribution in [3.63, 3.8) is 0 Å². The smallest absolute Gasteiger partial charge is 0.146 e. The summed E-state index contributed by atoms with van der Waals surface area (Å²) in [6.07, 6.45) is 7.18. The molecule has 2 nitrogen and oxygen atoms in total. The summed E-state index contributed by atoms with van der Waals surface area (Å²) in [5.74, 6) is 1.41. The maximum atomic E-state index is 12.5. The van der Waals surface area contributed by atoms with Crippen molar-refractivity contribution in [1.29, 1.82) is 0 Å².